The molecule has 0 N–H and O–H groups in total. The first-order valence-electron chi connectivity index (χ1n) is 4.89. The summed E-state index contributed by atoms with van der Waals surface area (Å²) in [6, 6.07) is 2.86. The molecule has 0 amide bonds. The summed E-state index contributed by atoms with van der Waals surface area (Å²) in [6.07, 6.45) is 2.06. The quantitative estimate of drug-likeness (QED) is 0.567. The Kier molecular flexibility index (Phi) is 4.21. The van der Waals surface area contributed by atoms with E-state index in [1.807, 2.05) is 13.8 Å². The van der Waals surface area contributed by atoms with E-state index in [0.29, 0.717) is 12.5 Å². The summed E-state index contributed by atoms with van der Waals surface area (Å²) in [4.78, 5) is 14.7. The number of hydrogen-bond acceptors (Lipinski definition) is 3. The van der Waals surface area contributed by atoms with Crippen molar-refractivity contribution in [3.8, 4) is 0 Å². The van der Waals surface area contributed by atoms with Gasteiger partial charge in [-0.15, -0.1) is 0 Å². The Balaban J connectivity index is 2.51. The topological polar surface area (TPSA) is 39.2 Å². The Morgan fingerprint density at radius 3 is 2.93 bits per heavy atom. The van der Waals surface area contributed by atoms with Gasteiger partial charge in [-0.2, -0.15) is 4.39 Å². The van der Waals surface area contributed by atoms with Crippen LogP contribution in [0.15, 0.2) is 18.3 Å². The summed E-state index contributed by atoms with van der Waals surface area (Å²) in [5, 5.41) is 0. The summed E-state index contributed by atoms with van der Waals surface area (Å²) in [7, 11) is 0. The fourth-order valence-electron chi connectivity index (χ4n) is 1.00. The molecule has 0 unspecified atom stereocenters. The van der Waals surface area contributed by atoms with E-state index in [9.17, 15) is 9.18 Å². The van der Waals surface area contributed by atoms with E-state index in [4.69, 9.17) is 4.74 Å². The molecule has 1 aromatic heterocycles. The molecule has 0 bridgehead atoms. The van der Waals surface area contributed by atoms with Gasteiger partial charge in [-0.05, 0) is 24.5 Å². The summed E-state index contributed by atoms with van der Waals surface area (Å²) in [5.41, 5.74) is -0.110. The number of rotatable bonds is 4. The maximum Gasteiger partial charge on any atom is 0.342 e. The van der Waals surface area contributed by atoms with Crippen LogP contribution in [0.2, 0.25) is 0 Å². The second kappa shape index (κ2) is 5.44. The van der Waals surface area contributed by atoms with E-state index in [1.54, 1.807) is 0 Å². The van der Waals surface area contributed by atoms with E-state index in [2.05, 4.69) is 4.98 Å². The number of ether oxygens (including phenoxy) is 1. The third kappa shape index (κ3) is 3.65. The van der Waals surface area contributed by atoms with Gasteiger partial charge in [0.1, 0.15) is 5.56 Å². The van der Waals surface area contributed by atoms with E-state index in [-0.39, 0.29) is 5.56 Å². The number of halogens is 1. The molecular weight excluding hydrogens is 197 g/mol. The maximum absolute atomic E-state index is 13.0. The first-order chi connectivity index (χ1) is 7.11. The van der Waals surface area contributed by atoms with Gasteiger partial charge >= 0.3 is 5.97 Å². The minimum atomic E-state index is -0.785. The summed E-state index contributed by atoms with van der Waals surface area (Å²) >= 11 is 0. The van der Waals surface area contributed by atoms with Crippen LogP contribution in [0.25, 0.3) is 0 Å². The predicted molar refractivity (Wildman–Crippen MR) is 53.9 cm³/mol. The molecular formula is C11H14FNO2. The number of nitrogens with zero attached hydrogens (tertiary/aromatic N) is 1. The Hall–Kier alpha value is -1.45. The lowest BCUT2D eigenvalue weighted by molar-refractivity contribution is 0.0481. The summed E-state index contributed by atoms with van der Waals surface area (Å²) < 4.78 is 17.9. The maximum atomic E-state index is 13.0. The largest absolute Gasteiger partial charge is 0.462 e. The number of hydrogen-bond donors (Lipinski definition) is 0. The van der Waals surface area contributed by atoms with Crippen LogP contribution in [0, 0.1) is 11.9 Å². The fourth-order valence-corrected chi connectivity index (χ4v) is 1.00. The van der Waals surface area contributed by atoms with Gasteiger partial charge in [-0.3, -0.25) is 0 Å². The number of esters is 1. The molecule has 0 saturated carbocycles. The molecule has 0 saturated heterocycles. The average molecular weight is 211 g/mol. The lowest BCUT2D eigenvalue weighted by Gasteiger charge is -2.06. The van der Waals surface area contributed by atoms with Gasteiger partial charge in [0.2, 0.25) is 5.95 Å². The molecule has 0 aliphatic heterocycles. The predicted octanol–water partition coefficient (Wildman–Crippen LogP) is 2.42. The Morgan fingerprint density at radius 2 is 2.33 bits per heavy atom. The molecule has 0 spiro atoms. The Labute approximate surface area is 88.3 Å². The van der Waals surface area contributed by atoms with E-state index >= 15 is 0 Å². The summed E-state index contributed by atoms with van der Waals surface area (Å²) in [6.45, 7) is 4.36. The van der Waals surface area contributed by atoms with Crippen molar-refractivity contribution in [2.24, 2.45) is 5.92 Å². The molecule has 1 aromatic rings. The smallest absolute Gasteiger partial charge is 0.342 e. The third-order valence-corrected chi connectivity index (χ3v) is 1.91. The monoisotopic (exact) mass is 211 g/mol. The zero-order valence-electron chi connectivity index (χ0n) is 8.87. The zero-order chi connectivity index (χ0) is 11.3. The fraction of sp³-hybridized carbons (Fsp3) is 0.455. The minimum Gasteiger partial charge on any atom is -0.462 e. The van der Waals surface area contributed by atoms with Crippen LogP contribution in [-0.2, 0) is 4.74 Å². The first-order valence-corrected chi connectivity index (χ1v) is 4.89. The van der Waals surface area contributed by atoms with Gasteiger partial charge < -0.3 is 4.74 Å². The van der Waals surface area contributed by atoms with Crippen molar-refractivity contribution in [2.75, 3.05) is 6.61 Å². The van der Waals surface area contributed by atoms with Gasteiger partial charge in [0.15, 0.2) is 0 Å². The molecule has 0 atom stereocenters. The van der Waals surface area contributed by atoms with Gasteiger partial charge in [-0.1, -0.05) is 13.8 Å². The molecule has 0 aliphatic carbocycles. The lowest BCUT2D eigenvalue weighted by atomic mass is 10.1. The Morgan fingerprint density at radius 1 is 1.60 bits per heavy atom. The van der Waals surface area contributed by atoms with Crippen molar-refractivity contribution in [2.45, 2.75) is 20.3 Å². The van der Waals surface area contributed by atoms with Crippen molar-refractivity contribution in [3.63, 3.8) is 0 Å². The van der Waals surface area contributed by atoms with Crippen molar-refractivity contribution >= 4 is 5.97 Å². The normalized spacial score (nSPS) is 10.4. The van der Waals surface area contributed by atoms with Crippen LogP contribution in [0.3, 0.4) is 0 Å². The van der Waals surface area contributed by atoms with Crippen molar-refractivity contribution < 1.29 is 13.9 Å². The zero-order valence-corrected chi connectivity index (χ0v) is 8.87. The molecule has 3 nitrogen and oxygen atoms in total. The second-order valence-electron chi connectivity index (χ2n) is 3.66. The molecule has 15 heavy (non-hydrogen) atoms. The highest BCUT2D eigenvalue weighted by Crippen LogP contribution is 2.06. The van der Waals surface area contributed by atoms with Crippen molar-refractivity contribution in [1.82, 2.24) is 4.98 Å². The lowest BCUT2D eigenvalue weighted by Crippen LogP contribution is -2.10. The van der Waals surface area contributed by atoms with Crippen LogP contribution < -0.4 is 0 Å². The minimum absolute atomic E-state index is 0.110. The van der Waals surface area contributed by atoms with Gasteiger partial charge in [0.25, 0.3) is 0 Å². The molecule has 1 heterocycles. The first kappa shape index (κ1) is 11.6. The molecule has 0 radical (unpaired) electrons. The van der Waals surface area contributed by atoms with E-state index in [1.165, 1.54) is 18.3 Å². The summed E-state index contributed by atoms with van der Waals surface area (Å²) in [5.74, 6) is -0.982. The SMILES string of the molecule is CC(C)CCOC(=O)c1cccnc1F. The number of carbonyl (C=O) groups excluding carboxylic acids is 1. The molecule has 0 aromatic carbocycles. The molecule has 1 rings (SSSR count). The van der Waals surface area contributed by atoms with Gasteiger partial charge in [0.05, 0.1) is 6.61 Å². The third-order valence-electron chi connectivity index (χ3n) is 1.91. The molecule has 4 heteroatoms. The van der Waals surface area contributed by atoms with E-state index < -0.39 is 11.9 Å². The highest BCUT2D eigenvalue weighted by Gasteiger charge is 2.13. The van der Waals surface area contributed by atoms with Gasteiger partial charge in [-0.25, -0.2) is 9.78 Å². The van der Waals surface area contributed by atoms with Crippen LogP contribution in [0.1, 0.15) is 30.6 Å². The van der Waals surface area contributed by atoms with Crippen LogP contribution >= 0.6 is 0 Å². The molecule has 0 aliphatic rings. The van der Waals surface area contributed by atoms with Crippen LogP contribution in [-0.4, -0.2) is 17.6 Å². The highest BCUT2D eigenvalue weighted by atomic mass is 19.1. The van der Waals surface area contributed by atoms with Crippen molar-refractivity contribution in [3.05, 3.63) is 29.8 Å². The van der Waals surface area contributed by atoms with Crippen LogP contribution in [0.5, 0.6) is 0 Å². The highest BCUT2D eigenvalue weighted by molar-refractivity contribution is 5.89. The molecule has 82 valence electrons. The molecule has 0 fully saturated rings. The van der Waals surface area contributed by atoms with Crippen molar-refractivity contribution in [1.29, 1.82) is 0 Å². The van der Waals surface area contributed by atoms with Crippen LogP contribution in [0.4, 0.5) is 4.39 Å². The average Bonchev–Trinajstić information content (AvgIpc) is 2.17. The number of aromatic nitrogens is 1. The number of pyridine rings is 1. The second-order valence-corrected chi connectivity index (χ2v) is 3.66. The van der Waals surface area contributed by atoms with E-state index in [0.717, 1.165) is 6.42 Å². The number of carbonyl (C=O) groups is 1. The standard InChI is InChI=1S/C11H14FNO2/c1-8(2)5-7-15-11(14)9-4-3-6-13-10(9)12/h3-4,6,8H,5,7H2,1-2H3. The van der Waals surface area contributed by atoms with Gasteiger partial charge in [0, 0.05) is 6.20 Å². The Bertz CT molecular complexity index is 339.